The van der Waals surface area contributed by atoms with Gasteiger partial charge in [0.05, 0.1) is 0 Å². The van der Waals surface area contributed by atoms with Gasteiger partial charge in [-0.15, -0.1) is 0 Å². The van der Waals surface area contributed by atoms with Crippen molar-refractivity contribution in [3.05, 3.63) is 4.47 Å². The highest BCUT2D eigenvalue weighted by atomic mass is 79.9. The number of aromatic nitrogens is 2. The lowest BCUT2D eigenvalue weighted by molar-refractivity contribution is 0.779. The Morgan fingerprint density at radius 1 is 1.70 bits per heavy atom. The van der Waals surface area contributed by atoms with Crippen molar-refractivity contribution in [2.24, 2.45) is 7.05 Å². The zero-order valence-corrected chi connectivity index (χ0v) is 7.44. The van der Waals surface area contributed by atoms with E-state index >= 15 is 0 Å². The standard InChI is InChI=1S/C5H9BrN4/c1-8-5-3(6)4(7)9-10(5)2/h8H,1-2H3,(H2,7,9). The van der Waals surface area contributed by atoms with Crippen molar-refractivity contribution in [2.45, 2.75) is 0 Å². The zero-order valence-electron chi connectivity index (χ0n) is 5.85. The van der Waals surface area contributed by atoms with Gasteiger partial charge in [0.2, 0.25) is 0 Å². The minimum Gasteiger partial charge on any atom is -0.381 e. The minimum atomic E-state index is 0.506. The molecule has 1 rings (SSSR count). The molecule has 0 radical (unpaired) electrons. The average molecular weight is 205 g/mol. The molecule has 56 valence electrons. The normalized spacial score (nSPS) is 9.90. The molecule has 1 aromatic heterocycles. The summed E-state index contributed by atoms with van der Waals surface area (Å²) in [7, 11) is 3.65. The summed E-state index contributed by atoms with van der Waals surface area (Å²) in [6, 6.07) is 0. The van der Waals surface area contributed by atoms with Gasteiger partial charge in [0.15, 0.2) is 5.82 Å². The van der Waals surface area contributed by atoms with Crippen LogP contribution in [0.1, 0.15) is 0 Å². The Morgan fingerprint density at radius 3 is 2.50 bits per heavy atom. The van der Waals surface area contributed by atoms with E-state index in [1.54, 1.807) is 4.68 Å². The molecule has 5 heteroatoms. The van der Waals surface area contributed by atoms with Gasteiger partial charge in [-0.25, -0.2) is 4.68 Å². The van der Waals surface area contributed by atoms with Crippen molar-refractivity contribution in [3.8, 4) is 0 Å². The van der Waals surface area contributed by atoms with Crippen LogP contribution in [-0.2, 0) is 7.05 Å². The monoisotopic (exact) mass is 204 g/mol. The summed E-state index contributed by atoms with van der Waals surface area (Å²) < 4.78 is 2.50. The molecule has 0 bridgehead atoms. The lowest BCUT2D eigenvalue weighted by Gasteiger charge is -1.98. The van der Waals surface area contributed by atoms with Crippen LogP contribution in [0, 0.1) is 0 Å². The third-order valence-electron chi connectivity index (χ3n) is 1.25. The topological polar surface area (TPSA) is 55.9 Å². The molecule has 1 aromatic rings. The predicted octanol–water partition coefficient (Wildman–Crippen LogP) is 0.806. The van der Waals surface area contributed by atoms with Gasteiger partial charge >= 0.3 is 0 Å². The van der Waals surface area contributed by atoms with E-state index in [1.807, 2.05) is 14.1 Å². The van der Waals surface area contributed by atoms with E-state index in [4.69, 9.17) is 5.73 Å². The summed E-state index contributed by atoms with van der Waals surface area (Å²) in [5, 5.41) is 6.92. The van der Waals surface area contributed by atoms with Crippen LogP contribution in [0.15, 0.2) is 4.47 Å². The van der Waals surface area contributed by atoms with Crippen LogP contribution in [0.5, 0.6) is 0 Å². The number of nitrogens with two attached hydrogens (primary N) is 1. The first-order valence-corrected chi connectivity index (χ1v) is 3.62. The molecule has 0 aliphatic heterocycles. The Morgan fingerprint density at radius 2 is 2.30 bits per heavy atom. The number of hydrogen-bond acceptors (Lipinski definition) is 3. The third kappa shape index (κ3) is 0.965. The maximum absolute atomic E-state index is 5.50. The van der Waals surface area contributed by atoms with E-state index in [0.29, 0.717) is 5.82 Å². The van der Waals surface area contributed by atoms with Crippen LogP contribution in [0.25, 0.3) is 0 Å². The Bertz CT molecular complexity index is 242. The molecule has 0 saturated heterocycles. The summed E-state index contributed by atoms with van der Waals surface area (Å²) >= 11 is 3.29. The van der Waals surface area contributed by atoms with E-state index in [9.17, 15) is 0 Å². The van der Waals surface area contributed by atoms with Gasteiger partial charge < -0.3 is 11.1 Å². The minimum absolute atomic E-state index is 0.506. The molecule has 0 atom stereocenters. The molecule has 0 fully saturated rings. The fraction of sp³-hybridized carbons (Fsp3) is 0.400. The number of anilines is 2. The van der Waals surface area contributed by atoms with Gasteiger partial charge in [-0.05, 0) is 15.9 Å². The molecule has 0 spiro atoms. The number of hydrogen-bond donors (Lipinski definition) is 2. The van der Waals surface area contributed by atoms with Crippen molar-refractivity contribution in [2.75, 3.05) is 18.1 Å². The van der Waals surface area contributed by atoms with Crippen molar-refractivity contribution >= 4 is 27.6 Å². The fourth-order valence-corrected chi connectivity index (χ4v) is 1.32. The summed E-state index contributed by atoms with van der Waals surface area (Å²) in [5.41, 5.74) is 5.50. The van der Waals surface area contributed by atoms with Crippen molar-refractivity contribution < 1.29 is 0 Å². The number of nitrogen functional groups attached to an aromatic ring is 1. The van der Waals surface area contributed by atoms with Crippen LogP contribution in [0.3, 0.4) is 0 Å². The maximum atomic E-state index is 5.50. The van der Waals surface area contributed by atoms with E-state index in [2.05, 4.69) is 26.3 Å². The fourth-order valence-electron chi connectivity index (χ4n) is 0.790. The SMILES string of the molecule is CNc1c(Br)c(N)nn1C. The molecule has 0 unspecified atom stereocenters. The Labute approximate surface area is 67.5 Å². The number of nitrogens with one attached hydrogen (secondary N) is 1. The first-order chi connectivity index (χ1) is 4.66. The van der Waals surface area contributed by atoms with Crippen LogP contribution in [-0.4, -0.2) is 16.8 Å². The first kappa shape index (κ1) is 7.40. The number of aryl methyl sites for hydroxylation is 1. The van der Waals surface area contributed by atoms with Crippen LogP contribution < -0.4 is 11.1 Å². The molecule has 3 N–H and O–H groups in total. The largest absolute Gasteiger partial charge is 0.381 e. The Hall–Kier alpha value is -0.710. The molecular weight excluding hydrogens is 196 g/mol. The number of nitrogens with zero attached hydrogens (tertiary/aromatic N) is 2. The van der Waals surface area contributed by atoms with Gasteiger partial charge in [-0.2, -0.15) is 5.10 Å². The van der Waals surface area contributed by atoms with E-state index < -0.39 is 0 Å². The molecule has 1 heterocycles. The Balaban J connectivity index is 3.20. The summed E-state index contributed by atoms with van der Waals surface area (Å²) in [4.78, 5) is 0. The van der Waals surface area contributed by atoms with E-state index in [1.165, 1.54) is 0 Å². The molecule has 0 aromatic carbocycles. The first-order valence-electron chi connectivity index (χ1n) is 2.82. The van der Waals surface area contributed by atoms with Crippen molar-refractivity contribution in [1.29, 1.82) is 0 Å². The second-order valence-electron chi connectivity index (χ2n) is 1.92. The van der Waals surface area contributed by atoms with E-state index in [-0.39, 0.29) is 0 Å². The number of rotatable bonds is 1. The van der Waals surface area contributed by atoms with Gasteiger partial charge in [0.1, 0.15) is 10.3 Å². The van der Waals surface area contributed by atoms with Gasteiger partial charge in [-0.1, -0.05) is 0 Å². The molecule has 0 amide bonds. The highest BCUT2D eigenvalue weighted by molar-refractivity contribution is 9.10. The maximum Gasteiger partial charge on any atom is 0.162 e. The van der Waals surface area contributed by atoms with Crippen LogP contribution in [0.2, 0.25) is 0 Å². The van der Waals surface area contributed by atoms with Crippen molar-refractivity contribution in [1.82, 2.24) is 9.78 Å². The average Bonchev–Trinajstić information content (AvgIpc) is 2.09. The third-order valence-corrected chi connectivity index (χ3v) is 2.03. The molecule has 10 heavy (non-hydrogen) atoms. The highest BCUT2D eigenvalue weighted by Gasteiger charge is 2.07. The second-order valence-corrected chi connectivity index (χ2v) is 2.71. The summed E-state index contributed by atoms with van der Waals surface area (Å²) in [5.74, 6) is 1.39. The summed E-state index contributed by atoms with van der Waals surface area (Å²) in [6.07, 6.45) is 0. The molecule has 0 saturated carbocycles. The zero-order chi connectivity index (χ0) is 7.72. The van der Waals surface area contributed by atoms with Crippen LogP contribution in [0.4, 0.5) is 11.6 Å². The summed E-state index contributed by atoms with van der Waals surface area (Å²) in [6.45, 7) is 0. The highest BCUT2D eigenvalue weighted by Crippen LogP contribution is 2.26. The smallest absolute Gasteiger partial charge is 0.162 e. The van der Waals surface area contributed by atoms with Crippen LogP contribution >= 0.6 is 15.9 Å². The lowest BCUT2D eigenvalue weighted by Crippen LogP contribution is -1.98. The van der Waals surface area contributed by atoms with Crippen molar-refractivity contribution in [3.63, 3.8) is 0 Å². The molecule has 0 aliphatic rings. The molecule has 0 aliphatic carbocycles. The Kier molecular flexibility index (Phi) is 1.85. The van der Waals surface area contributed by atoms with E-state index in [0.717, 1.165) is 10.3 Å². The van der Waals surface area contributed by atoms with Gasteiger partial charge in [0, 0.05) is 14.1 Å². The molecule has 4 nitrogen and oxygen atoms in total. The second kappa shape index (κ2) is 2.49. The predicted molar refractivity (Wildman–Crippen MR) is 44.9 cm³/mol. The quantitative estimate of drug-likeness (QED) is 0.713. The number of halogens is 1. The van der Waals surface area contributed by atoms with Gasteiger partial charge in [0.25, 0.3) is 0 Å². The molecular formula is C5H9BrN4. The lowest BCUT2D eigenvalue weighted by atomic mass is 10.6. The van der Waals surface area contributed by atoms with Gasteiger partial charge in [-0.3, -0.25) is 0 Å².